The summed E-state index contributed by atoms with van der Waals surface area (Å²) >= 11 is 0. The Hall–Kier alpha value is -1.59. The Balaban J connectivity index is 1.61. The van der Waals surface area contributed by atoms with E-state index in [-0.39, 0.29) is 17.7 Å². The number of benzene rings is 1. The summed E-state index contributed by atoms with van der Waals surface area (Å²) in [5.74, 6) is 0. The standard InChI is InChI=1S/C21H32N2O3/c1-20(2)16-26-21(3,4)23(20)19(24)25-15-18-12-8-9-13-22(18)14-17-10-6-5-7-11-17/h5-7,10-11,18H,8-9,12-16H2,1-4H3/t18-/m1/s1. The quantitative estimate of drug-likeness (QED) is 0.813. The van der Waals surface area contributed by atoms with Crippen LogP contribution in [0.3, 0.4) is 0 Å². The molecule has 2 heterocycles. The highest BCUT2D eigenvalue weighted by molar-refractivity contribution is 5.70. The average Bonchev–Trinajstić information content (AvgIpc) is 2.83. The van der Waals surface area contributed by atoms with Crippen LogP contribution in [0.4, 0.5) is 4.79 Å². The van der Waals surface area contributed by atoms with Crippen LogP contribution in [-0.4, -0.2) is 53.0 Å². The molecule has 0 bridgehead atoms. The van der Waals surface area contributed by atoms with E-state index in [9.17, 15) is 4.79 Å². The highest BCUT2D eigenvalue weighted by Gasteiger charge is 2.49. The maximum atomic E-state index is 12.8. The number of hydrogen-bond donors (Lipinski definition) is 0. The fraction of sp³-hybridized carbons (Fsp3) is 0.667. The molecular formula is C21H32N2O3. The third-order valence-corrected chi connectivity index (χ3v) is 5.48. The number of hydrogen-bond acceptors (Lipinski definition) is 4. The first-order valence-corrected chi connectivity index (χ1v) is 9.69. The highest BCUT2D eigenvalue weighted by atomic mass is 16.6. The van der Waals surface area contributed by atoms with Gasteiger partial charge >= 0.3 is 6.09 Å². The zero-order valence-electron chi connectivity index (χ0n) is 16.5. The normalized spacial score (nSPS) is 25.2. The molecule has 0 radical (unpaired) electrons. The van der Waals surface area contributed by atoms with Crippen molar-refractivity contribution in [2.45, 2.75) is 70.8 Å². The topological polar surface area (TPSA) is 42.0 Å². The number of amides is 1. The Labute approximate surface area is 157 Å². The molecule has 1 aromatic carbocycles. The van der Waals surface area contributed by atoms with Crippen LogP contribution in [0.15, 0.2) is 30.3 Å². The lowest BCUT2D eigenvalue weighted by Gasteiger charge is -2.39. The minimum Gasteiger partial charge on any atom is -0.448 e. The lowest BCUT2D eigenvalue weighted by atomic mass is 10.0. The third-order valence-electron chi connectivity index (χ3n) is 5.48. The van der Waals surface area contributed by atoms with Crippen LogP contribution in [0.1, 0.15) is 52.5 Å². The molecule has 26 heavy (non-hydrogen) atoms. The van der Waals surface area contributed by atoms with Gasteiger partial charge < -0.3 is 9.47 Å². The molecule has 1 atom stereocenters. The molecule has 1 amide bonds. The molecule has 144 valence electrons. The van der Waals surface area contributed by atoms with Crippen molar-refractivity contribution < 1.29 is 14.3 Å². The Morgan fingerprint density at radius 2 is 1.92 bits per heavy atom. The van der Waals surface area contributed by atoms with Crippen LogP contribution in [0.5, 0.6) is 0 Å². The van der Waals surface area contributed by atoms with Gasteiger partial charge in [-0.25, -0.2) is 4.79 Å². The summed E-state index contributed by atoms with van der Waals surface area (Å²) in [6.07, 6.45) is 3.20. The smallest absolute Gasteiger partial charge is 0.412 e. The Morgan fingerprint density at radius 1 is 1.19 bits per heavy atom. The van der Waals surface area contributed by atoms with Gasteiger partial charge in [-0.05, 0) is 52.6 Å². The molecule has 2 saturated heterocycles. The molecule has 2 aliphatic rings. The van der Waals surface area contributed by atoms with Gasteiger partial charge in [0.15, 0.2) is 0 Å². The second kappa shape index (κ2) is 7.57. The van der Waals surface area contributed by atoms with E-state index in [2.05, 4.69) is 29.2 Å². The Bertz CT molecular complexity index is 599. The molecule has 0 spiro atoms. The molecule has 3 rings (SSSR count). The van der Waals surface area contributed by atoms with E-state index in [1.165, 1.54) is 18.4 Å². The molecule has 0 aliphatic carbocycles. The maximum absolute atomic E-state index is 12.8. The first-order chi connectivity index (χ1) is 12.3. The highest BCUT2D eigenvalue weighted by Crippen LogP contribution is 2.35. The summed E-state index contributed by atoms with van der Waals surface area (Å²) in [7, 11) is 0. The van der Waals surface area contributed by atoms with Gasteiger partial charge in [0.2, 0.25) is 0 Å². The molecule has 0 unspecified atom stereocenters. The molecule has 2 aliphatic heterocycles. The number of carbonyl (C=O) groups is 1. The number of rotatable bonds is 4. The minimum atomic E-state index is -0.628. The van der Waals surface area contributed by atoms with Gasteiger partial charge in [0.05, 0.1) is 12.1 Å². The number of carbonyl (C=O) groups excluding carboxylic acids is 1. The van der Waals surface area contributed by atoms with Crippen LogP contribution in [-0.2, 0) is 16.0 Å². The molecule has 0 saturated carbocycles. The summed E-state index contributed by atoms with van der Waals surface area (Å²) in [6.45, 7) is 10.8. The molecule has 5 nitrogen and oxygen atoms in total. The summed E-state index contributed by atoms with van der Waals surface area (Å²) in [4.78, 5) is 17.0. The predicted molar refractivity (Wildman–Crippen MR) is 102 cm³/mol. The van der Waals surface area contributed by atoms with Gasteiger partial charge in [-0.15, -0.1) is 0 Å². The SMILES string of the molecule is CC1(C)COC(C)(C)N1C(=O)OC[C@H]1CCCCN1Cc1ccccc1. The van der Waals surface area contributed by atoms with Gasteiger partial charge in [0.25, 0.3) is 0 Å². The minimum absolute atomic E-state index is 0.275. The van der Waals surface area contributed by atoms with E-state index in [0.717, 1.165) is 19.5 Å². The summed E-state index contributed by atoms with van der Waals surface area (Å²) < 4.78 is 11.6. The lowest BCUT2D eigenvalue weighted by Crippen LogP contribution is -2.53. The maximum Gasteiger partial charge on any atom is 0.412 e. The van der Waals surface area contributed by atoms with E-state index in [4.69, 9.17) is 9.47 Å². The fourth-order valence-electron chi connectivity index (χ4n) is 4.19. The third kappa shape index (κ3) is 4.21. The van der Waals surface area contributed by atoms with E-state index < -0.39 is 5.72 Å². The summed E-state index contributed by atoms with van der Waals surface area (Å²) in [6, 6.07) is 10.8. The van der Waals surface area contributed by atoms with Crippen molar-refractivity contribution in [1.29, 1.82) is 0 Å². The number of likely N-dealkylation sites (tertiary alicyclic amines) is 1. The van der Waals surface area contributed by atoms with E-state index in [1.54, 1.807) is 4.90 Å². The zero-order valence-corrected chi connectivity index (χ0v) is 16.5. The van der Waals surface area contributed by atoms with Crippen molar-refractivity contribution in [3.63, 3.8) is 0 Å². The van der Waals surface area contributed by atoms with Crippen molar-refractivity contribution in [3.05, 3.63) is 35.9 Å². The van der Waals surface area contributed by atoms with Gasteiger partial charge in [-0.1, -0.05) is 36.8 Å². The van der Waals surface area contributed by atoms with Crippen LogP contribution in [0.2, 0.25) is 0 Å². The summed E-state index contributed by atoms with van der Waals surface area (Å²) in [5.41, 5.74) is 0.328. The number of nitrogens with zero attached hydrogens (tertiary/aromatic N) is 2. The Morgan fingerprint density at radius 3 is 2.58 bits per heavy atom. The average molecular weight is 360 g/mol. The van der Waals surface area contributed by atoms with Gasteiger partial charge in [0.1, 0.15) is 12.3 Å². The van der Waals surface area contributed by atoms with Gasteiger partial charge in [0, 0.05) is 12.6 Å². The Kier molecular flexibility index (Phi) is 5.58. The lowest BCUT2D eigenvalue weighted by molar-refractivity contribution is -0.0560. The second-order valence-corrected chi connectivity index (χ2v) is 8.57. The molecule has 0 N–H and O–H groups in total. The fourth-order valence-corrected chi connectivity index (χ4v) is 4.19. The largest absolute Gasteiger partial charge is 0.448 e. The van der Waals surface area contributed by atoms with Crippen molar-refractivity contribution in [3.8, 4) is 0 Å². The zero-order chi connectivity index (χ0) is 18.8. The van der Waals surface area contributed by atoms with Crippen LogP contribution < -0.4 is 0 Å². The van der Waals surface area contributed by atoms with Gasteiger partial charge in [-0.3, -0.25) is 9.80 Å². The van der Waals surface area contributed by atoms with Crippen LogP contribution in [0.25, 0.3) is 0 Å². The van der Waals surface area contributed by atoms with Crippen molar-refractivity contribution in [2.75, 3.05) is 19.8 Å². The molecule has 1 aromatic rings. The van der Waals surface area contributed by atoms with Gasteiger partial charge in [-0.2, -0.15) is 0 Å². The van der Waals surface area contributed by atoms with Crippen LogP contribution in [0, 0.1) is 0 Å². The molecule has 2 fully saturated rings. The van der Waals surface area contributed by atoms with E-state index >= 15 is 0 Å². The predicted octanol–water partition coefficient (Wildman–Crippen LogP) is 4.02. The van der Waals surface area contributed by atoms with Crippen molar-refractivity contribution >= 4 is 6.09 Å². The summed E-state index contributed by atoms with van der Waals surface area (Å²) in [5, 5.41) is 0. The first kappa shape index (κ1) is 19.2. The monoisotopic (exact) mass is 360 g/mol. The molecular weight excluding hydrogens is 328 g/mol. The number of piperidine rings is 1. The van der Waals surface area contributed by atoms with E-state index in [0.29, 0.717) is 13.2 Å². The van der Waals surface area contributed by atoms with E-state index in [1.807, 2.05) is 33.8 Å². The van der Waals surface area contributed by atoms with Crippen LogP contribution >= 0.6 is 0 Å². The van der Waals surface area contributed by atoms with Crippen molar-refractivity contribution in [1.82, 2.24) is 9.80 Å². The first-order valence-electron chi connectivity index (χ1n) is 9.69. The van der Waals surface area contributed by atoms with Crippen molar-refractivity contribution in [2.24, 2.45) is 0 Å². The second-order valence-electron chi connectivity index (χ2n) is 8.57. The molecule has 5 heteroatoms. The molecule has 0 aromatic heterocycles. The number of ether oxygens (including phenoxy) is 2.